The molecule has 0 unspecified atom stereocenters. The number of amides is 2. The first kappa shape index (κ1) is 21.1. The van der Waals surface area contributed by atoms with Gasteiger partial charge in [0.25, 0.3) is 0 Å². The van der Waals surface area contributed by atoms with Gasteiger partial charge in [0.05, 0.1) is 31.0 Å². The molecule has 3 fully saturated rings. The van der Waals surface area contributed by atoms with Crippen LogP contribution < -0.4 is 15.1 Å². The Labute approximate surface area is 178 Å². The van der Waals surface area contributed by atoms with E-state index in [4.69, 9.17) is 9.57 Å². The molecule has 0 aromatic heterocycles. The molecule has 1 N–H and O–H groups in total. The molecule has 0 bridgehead atoms. The molecular weight excluding hydrogens is 410 g/mol. The lowest BCUT2D eigenvalue weighted by molar-refractivity contribution is -0.119. The molecule has 1 spiro atoms. The molecule has 166 valence electrons. The lowest BCUT2D eigenvalue weighted by Crippen LogP contribution is -2.33. The Balaban J connectivity index is 1.51. The summed E-state index contributed by atoms with van der Waals surface area (Å²) in [7, 11) is 0. The molecule has 8 nitrogen and oxygen atoms in total. The highest BCUT2D eigenvalue weighted by Gasteiger charge is 2.54. The first-order valence-corrected chi connectivity index (χ1v) is 10.1. The van der Waals surface area contributed by atoms with Crippen LogP contribution in [0, 0.1) is 17.0 Å². The molecule has 2 amide bonds. The third-order valence-corrected chi connectivity index (χ3v) is 5.75. The average molecular weight is 434 g/mol. The highest BCUT2D eigenvalue weighted by atomic mass is 19.1. The predicted molar refractivity (Wildman–Crippen MR) is 110 cm³/mol. The highest BCUT2D eigenvalue weighted by molar-refractivity contribution is 5.99. The minimum absolute atomic E-state index is 0.0672. The number of hydrogen-bond acceptors (Lipinski definition) is 6. The van der Waals surface area contributed by atoms with Gasteiger partial charge in [0.2, 0.25) is 5.91 Å². The number of carbonyl (C=O) groups is 2. The van der Waals surface area contributed by atoms with Crippen molar-refractivity contribution in [3.05, 3.63) is 36.4 Å². The number of halogens is 2. The third kappa shape index (κ3) is 4.19. The van der Waals surface area contributed by atoms with E-state index in [1.165, 1.54) is 6.92 Å². The Hall–Kier alpha value is -3.17. The smallest absolute Gasteiger partial charge is 0.414 e. The number of oxime groups is 1. The largest absolute Gasteiger partial charge is 0.442 e. The Morgan fingerprint density at radius 3 is 2.74 bits per heavy atom. The molecule has 1 aromatic rings. The number of ether oxygens (including phenoxy) is 1. The summed E-state index contributed by atoms with van der Waals surface area (Å²) in [6.07, 6.45) is 2.07. The van der Waals surface area contributed by atoms with Crippen LogP contribution in [0.2, 0.25) is 0 Å². The number of hydrogen-bond donors (Lipinski definition) is 1. The molecule has 1 aromatic carbocycles. The molecular formula is C21H24F2N4O4. The van der Waals surface area contributed by atoms with Crippen molar-refractivity contribution in [1.82, 2.24) is 5.32 Å². The lowest BCUT2D eigenvalue weighted by Gasteiger charge is -2.21. The summed E-state index contributed by atoms with van der Waals surface area (Å²) in [4.78, 5) is 31.2. The van der Waals surface area contributed by atoms with E-state index >= 15 is 0 Å². The van der Waals surface area contributed by atoms with Crippen molar-refractivity contribution in [2.75, 3.05) is 42.6 Å². The maximum atomic E-state index is 15.0. The quantitative estimate of drug-likeness (QED) is 0.405. The monoisotopic (exact) mass is 434 g/mol. The van der Waals surface area contributed by atoms with E-state index in [9.17, 15) is 18.4 Å². The Bertz CT molecular complexity index is 924. The fourth-order valence-electron chi connectivity index (χ4n) is 4.02. The molecule has 3 aliphatic rings. The number of nitrogens with one attached hydrogen (secondary N) is 1. The Morgan fingerprint density at radius 1 is 1.42 bits per heavy atom. The van der Waals surface area contributed by atoms with Gasteiger partial charge in [-0.3, -0.25) is 9.69 Å². The molecule has 1 saturated carbocycles. The number of carbonyl (C=O) groups excluding carboxylic acids is 2. The molecule has 10 heteroatoms. The maximum absolute atomic E-state index is 15.0. The first-order valence-electron chi connectivity index (χ1n) is 10.1. The zero-order valence-electron chi connectivity index (χ0n) is 17.2. The van der Waals surface area contributed by atoms with Gasteiger partial charge in [0.15, 0.2) is 11.6 Å². The standard InChI is InChI=1S/C21H24F2N4O4/c1-3-6-30-25-18-11-26(12-21(18)4-5-21)19-16(22)7-14(8-17(19)23)27-10-15(31-20(27)29)9-24-13(2)28/h3,7-8,15H,1,4-6,9-12H2,2H3,(H,24,28)/t15-/m0/s1. The number of anilines is 2. The van der Waals surface area contributed by atoms with E-state index in [-0.39, 0.29) is 48.9 Å². The van der Waals surface area contributed by atoms with Gasteiger partial charge in [0, 0.05) is 31.0 Å². The van der Waals surface area contributed by atoms with E-state index in [1.54, 1.807) is 11.0 Å². The molecule has 1 atom stereocenters. The van der Waals surface area contributed by atoms with Gasteiger partial charge in [-0.25, -0.2) is 13.6 Å². The summed E-state index contributed by atoms with van der Waals surface area (Å²) < 4.78 is 35.2. The van der Waals surface area contributed by atoms with E-state index in [1.807, 2.05) is 0 Å². The Morgan fingerprint density at radius 2 is 2.13 bits per heavy atom. The van der Waals surface area contributed by atoms with Gasteiger partial charge in [-0.1, -0.05) is 17.8 Å². The van der Waals surface area contributed by atoms with Gasteiger partial charge in [-0.15, -0.1) is 0 Å². The molecule has 2 saturated heterocycles. The van der Waals surface area contributed by atoms with Crippen LogP contribution in [-0.4, -0.2) is 56.6 Å². The van der Waals surface area contributed by atoms with Crippen molar-refractivity contribution in [3.8, 4) is 0 Å². The van der Waals surface area contributed by atoms with Crippen LogP contribution in [0.15, 0.2) is 29.9 Å². The minimum Gasteiger partial charge on any atom is -0.442 e. The lowest BCUT2D eigenvalue weighted by atomic mass is 10.1. The van der Waals surface area contributed by atoms with Crippen molar-refractivity contribution in [2.24, 2.45) is 10.6 Å². The van der Waals surface area contributed by atoms with Crippen LogP contribution in [0.25, 0.3) is 0 Å². The first-order chi connectivity index (χ1) is 14.8. The summed E-state index contributed by atoms with van der Waals surface area (Å²) in [5.74, 6) is -1.79. The molecule has 2 heterocycles. The number of benzene rings is 1. The highest BCUT2D eigenvalue weighted by Crippen LogP contribution is 2.52. The number of cyclic esters (lactones) is 1. The van der Waals surface area contributed by atoms with Crippen LogP contribution >= 0.6 is 0 Å². The number of rotatable bonds is 7. The zero-order valence-corrected chi connectivity index (χ0v) is 17.2. The number of nitrogens with zero attached hydrogens (tertiary/aromatic N) is 3. The van der Waals surface area contributed by atoms with Gasteiger partial charge in [-0.2, -0.15) is 0 Å². The zero-order chi connectivity index (χ0) is 22.2. The molecule has 31 heavy (non-hydrogen) atoms. The van der Waals surface area contributed by atoms with Gasteiger partial charge < -0.3 is 19.8 Å². The van der Waals surface area contributed by atoms with Gasteiger partial charge >= 0.3 is 6.09 Å². The molecule has 4 rings (SSSR count). The Kier molecular flexibility index (Phi) is 5.55. The summed E-state index contributed by atoms with van der Waals surface area (Å²) in [5, 5.41) is 6.71. The van der Waals surface area contributed by atoms with Crippen LogP contribution in [0.3, 0.4) is 0 Å². The van der Waals surface area contributed by atoms with Crippen LogP contribution in [0.4, 0.5) is 25.0 Å². The second kappa shape index (κ2) is 8.16. The average Bonchev–Trinajstić information content (AvgIpc) is 3.25. The van der Waals surface area contributed by atoms with E-state index < -0.39 is 23.8 Å². The SMILES string of the molecule is C=CCON=C1CN(c2c(F)cc(N3C[C@H](CNC(C)=O)OC3=O)cc2F)CC12CC2. The van der Waals surface area contributed by atoms with Crippen molar-refractivity contribution >= 4 is 29.1 Å². The van der Waals surface area contributed by atoms with Crippen molar-refractivity contribution in [3.63, 3.8) is 0 Å². The van der Waals surface area contributed by atoms with Crippen LogP contribution in [-0.2, 0) is 14.4 Å². The normalized spacial score (nSPS) is 22.7. The van der Waals surface area contributed by atoms with E-state index in [0.717, 1.165) is 35.6 Å². The molecule has 1 aliphatic carbocycles. The van der Waals surface area contributed by atoms with Gasteiger partial charge in [-0.05, 0) is 12.8 Å². The van der Waals surface area contributed by atoms with E-state index in [0.29, 0.717) is 6.54 Å². The van der Waals surface area contributed by atoms with Crippen molar-refractivity contribution in [1.29, 1.82) is 0 Å². The molecule has 0 radical (unpaired) electrons. The maximum Gasteiger partial charge on any atom is 0.414 e. The predicted octanol–water partition coefficient (Wildman–Crippen LogP) is 2.58. The molecule has 2 aliphatic heterocycles. The summed E-state index contributed by atoms with van der Waals surface area (Å²) >= 11 is 0. The topological polar surface area (TPSA) is 83.5 Å². The summed E-state index contributed by atoms with van der Waals surface area (Å²) in [6, 6.07) is 2.26. The van der Waals surface area contributed by atoms with Crippen molar-refractivity contribution < 1.29 is 27.9 Å². The van der Waals surface area contributed by atoms with Crippen LogP contribution in [0.5, 0.6) is 0 Å². The fraction of sp³-hybridized carbons (Fsp3) is 0.476. The third-order valence-electron chi connectivity index (χ3n) is 5.75. The second-order valence-corrected chi connectivity index (χ2v) is 8.07. The fourth-order valence-corrected chi connectivity index (χ4v) is 4.02. The minimum atomic E-state index is -0.767. The van der Waals surface area contributed by atoms with Gasteiger partial charge in [0.1, 0.15) is 18.4 Å². The van der Waals surface area contributed by atoms with Crippen LogP contribution in [0.1, 0.15) is 19.8 Å². The van der Waals surface area contributed by atoms with Crippen molar-refractivity contribution in [2.45, 2.75) is 25.9 Å². The summed E-state index contributed by atoms with van der Waals surface area (Å²) in [6.45, 7) is 6.14. The summed E-state index contributed by atoms with van der Waals surface area (Å²) in [5.41, 5.74) is 0.513. The van der Waals surface area contributed by atoms with E-state index in [2.05, 4.69) is 17.1 Å². The second-order valence-electron chi connectivity index (χ2n) is 8.07.